The summed E-state index contributed by atoms with van der Waals surface area (Å²) < 4.78 is 0. The molecule has 3 aromatic carbocycles. The van der Waals surface area contributed by atoms with Gasteiger partial charge in [0.15, 0.2) is 5.96 Å². The molecule has 9 rings (SSSR count). The first-order valence-electron chi connectivity index (χ1n) is 45.6. The minimum Gasteiger partial charge on any atom is -0.508 e. The molecule has 24 N–H and O–H groups in total. The van der Waals surface area contributed by atoms with E-state index in [1.807, 2.05) is 13.8 Å². The highest BCUT2D eigenvalue weighted by Gasteiger charge is 2.47. The fraction of sp³-hybridized carbons (Fsp3) is 0.527. The van der Waals surface area contributed by atoms with E-state index in [9.17, 15) is 58.5 Å². The number of para-hydroxylation sites is 2. The van der Waals surface area contributed by atoms with Gasteiger partial charge in [0.25, 0.3) is 0 Å². The Labute approximate surface area is 790 Å². The highest BCUT2D eigenvalue weighted by Crippen LogP contribution is 2.28. The van der Waals surface area contributed by atoms with E-state index >= 15 is 38.4 Å². The summed E-state index contributed by atoms with van der Waals surface area (Å²) in [6.07, 6.45) is 3.63. The van der Waals surface area contributed by atoms with Crippen molar-refractivity contribution >= 4 is 140 Å². The molecule has 0 saturated carbocycles. The minimum absolute atomic E-state index is 0.0131. The number of benzene rings is 3. The van der Waals surface area contributed by atoms with Gasteiger partial charge in [-0.25, -0.2) is 4.98 Å². The second-order valence-corrected chi connectivity index (χ2v) is 36.0. The van der Waals surface area contributed by atoms with Crippen LogP contribution >= 0.6 is 11.8 Å². The molecule has 136 heavy (non-hydrogen) atoms. The highest BCUT2D eigenvalue weighted by atomic mass is 32.2. The summed E-state index contributed by atoms with van der Waals surface area (Å²) in [6, 6.07) is -2.29. The second-order valence-electron chi connectivity index (χ2n) is 35.0. The number of imidazole rings is 1. The Kier molecular flexibility index (Phi) is 39.4. The molecule has 45 heteroatoms. The topological polar surface area (TPSA) is 662 Å². The summed E-state index contributed by atoms with van der Waals surface area (Å²) in [4.78, 5) is 269. The third kappa shape index (κ3) is 29.4. The molecule has 17 amide bonds. The predicted octanol–water partition coefficient (Wildman–Crippen LogP) is -2.93. The monoisotopic (exact) mass is 1910 g/mol. The van der Waals surface area contributed by atoms with Gasteiger partial charge in [-0.15, -0.1) is 11.8 Å². The van der Waals surface area contributed by atoms with Gasteiger partial charge in [-0.05, 0) is 98.7 Å². The largest absolute Gasteiger partial charge is 0.508 e. The van der Waals surface area contributed by atoms with Crippen LogP contribution in [0.3, 0.4) is 0 Å². The molecule has 3 aromatic heterocycles. The van der Waals surface area contributed by atoms with Crippen LogP contribution in [-0.4, -0.2) is 322 Å². The van der Waals surface area contributed by atoms with Crippen molar-refractivity contribution in [2.75, 3.05) is 65.4 Å². The van der Waals surface area contributed by atoms with E-state index in [4.69, 9.17) is 22.6 Å². The lowest BCUT2D eigenvalue weighted by molar-refractivity contribution is -0.149. The Bertz CT molecular complexity index is 5250. The van der Waals surface area contributed by atoms with Crippen molar-refractivity contribution in [1.82, 2.24) is 103 Å². The van der Waals surface area contributed by atoms with Gasteiger partial charge in [0.05, 0.1) is 37.8 Å². The molecule has 3 fully saturated rings. The van der Waals surface area contributed by atoms with Gasteiger partial charge in [-0.3, -0.25) is 86.9 Å². The van der Waals surface area contributed by atoms with Crippen molar-refractivity contribution in [3.63, 3.8) is 0 Å². The number of phenolic OH excluding ortho intramolecular Hbond substituents is 1. The second kappa shape index (κ2) is 50.6. The van der Waals surface area contributed by atoms with Gasteiger partial charge in [0.2, 0.25) is 100 Å². The Morgan fingerprint density at radius 2 is 1.09 bits per heavy atom. The number of aromatic nitrogens is 4. The first-order valence-corrected chi connectivity index (χ1v) is 46.7. The van der Waals surface area contributed by atoms with Crippen LogP contribution in [0.5, 0.6) is 5.75 Å². The van der Waals surface area contributed by atoms with E-state index in [2.05, 4.69) is 78.4 Å². The number of aliphatic hydroxyl groups excluding tert-OH is 2. The van der Waals surface area contributed by atoms with Gasteiger partial charge in [0, 0.05) is 125 Å². The maximum atomic E-state index is 15.8. The summed E-state index contributed by atoms with van der Waals surface area (Å²) in [5.74, 6) is -18.1. The van der Waals surface area contributed by atoms with Crippen molar-refractivity contribution in [3.8, 4) is 5.75 Å². The lowest BCUT2D eigenvalue weighted by atomic mass is 10.00. The molecule has 0 aliphatic carbocycles. The first kappa shape index (κ1) is 106. The number of rotatable bonds is 26. The average molecular weight is 1910 g/mol. The zero-order valence-corrected chi connectivity index (χ0v) is 78.4. The number of thioether (sulfide) groups is 1. The Hall–Kier alpha value is -13.7. The van der Waals surface area contributed by atoms with Gasteiger partial charge in [-0.1, -0.05) is 102 Å². The Morgan fingerprint density at radius 1 is 0.551 bits per heavy atom. The number of phenols is 1. The summed E-state index contributed by atoms with van der Waals surface area (Å²) in [7, 11) is 3.90. The fourth-order valence-electron chi connectivity index (χ4n) is 16.8. The summed E-state index contributed by atoms with van der Waals surface area (Å²) >= 11 is 0.760. The highest BCUT2D eigenvalue weighted by molar-refractivity contribution is 8.00. The number of likely N-dealkylation sites (N-methyl/N-ethyl adjacent to an activating group) is 3. The first-order chi connectivity index (χ1) is 64.8. The number of primary amides is 2. The number of amides is 17. The zero-order chi connectivity index (χ0) is 99.3. The lowest BCUT2D eigenvalue weighted by Crippen LogP contribution is -2.62. The number of aliphatic hydroxyl groups is 2. The molecule has 15 atom stereocenters. The molecule has 6 aromatic rings. The number of aromatic hydroxyl groups is 1. The lowest BCUT2D eigenvalue weighted by Gasteiger charge is -2.36. The normalized spacial score (nSPS) is 24.7. The predicted molar refractivity (Wildman–Crippen MR) is 500 cm³/mol. The van der Waals surface area contributed by atoms with Crippen molar-refractivity contribution in [1.29, 1.82) is 5.41 Å². The Morgan fingerprint density at radius 3 is 1.68 bits per heavy atom. The number of H-pyrrole nitrogens is 3. The summed E-state index contributed by atoms with van der Waals surface area (Å²) in [6.45, 7) is 6.00. The van der Waals surface area contributed by atoms with Crippen molar-refractivity contribution in [2.24, 2.45) is 23.1 Å². The number of nitrogens with two attached hydrogens (primary N) is 3. The van der Waals surface area contributed by atoms with Crippen LogP contribution in [0.1, 0.15) is 140 Å². The van der Waals surface area contributed by atoms with Gasteiger partial charge in [-0.2, -0.15) is 0 Å². The number of nitrogens with one attached hydrogen (secondary N) is 15. The van der Waals surface area contributed by atoms with Crippen molar-refractivity contribution in [3.05, 3.63) is 120 Å². The standard InChI is InChI=1S/C91H128N24O20S/c1-9-11-24-70-83(128)103-61(23-17-31-97-91(94)95)79(124)110-69(78(123)100-43-75(93)120)46-136-47-76(121)102-65(34-51-27-29-55(117)30-28-51)86(131)111(6)50(5)77(122)106-67(39-74(92)119)88(133)114-32-18-26-71(114)84(129)105-63(37-54-42-96-48-101-54)81(126)107-64(33-49(3)4)89(134)115-44-56(118)38-73(115)85(130)104-62(35-52-40-98-59-21-15-13-19-57(52)59)80(125)109-68(45-116)82(127)108-66(36-53-41-99-60-22-16-14-20-58(53)60)87(132)113(8)72(25-12-10-2)90(135)112(70)7/h13-16,19-22,27-30,40-42,48-50,56,61-73,98-99,116-118H,9-12,17-18,23-26,31-39,43-47H2,1-8H3,(H2,92,119)(H2,93,120)(H,96,101)(H,100,123)(H,102,121)(H,103,128)(H,104,130)(H,105,129)(H,106,122)(H,107,126)(H,108,127)(H,109,125)(H,110,124)(H4,94,95,97)/t50-,56+,61-,62-,63-,64-,65-,66-,67-,68-,69-,70-,71-,72-,73-/m0/s1. The molecule has 0 bridgehead atoms. The van der Waals surface area contributed by atoms with Crippen LogP contribution in [0.4, 0.5) is 0 Å². The molecule has 3 saturated heterocycles. The molecule has 0 unspecified atom stereocenters. The third-order valence-corrected chi connectivity index (χ3v) is 25.4. The zero-order valence-electron chi connectivity index (χ0n) is 77.6. The summed E-state index contributed by atoms with van der Waals surface area (Å²) in [5, 5.41) is 71.1. The van der Waals surface area contributed by atoms with Crippen LogP contribution in [-0.2, 0) is 107 Å². The van der Waals surface area contributed by atoms with E-state index in [1.54, 1.807) is 74.8 Å². The number of unbranched alkanes of at least 4 members (excludes halogenated alkanes) is 2. The molecule has 0 radical (unpaired) electrons. The van der Waals surface area contributed by atoms with Gasteiger partial charge >= 0.3 is 0 Å². The van der Waals surface area contributed by atoms with Crippen LogP contribution < -0.4 is 75.7 Å². The van der Waals surface area contributed by atoms with E-state index < -0.39 is 241 Å². The third-order valence-electron chi connectivity index (χ3n) is 24.3. The minimum atomic E-state index is -1.90. The molecule has 738 valence electrons. The fourth-order valence-corrected chi connectivity index (χ4v) is 17.6. The van der Waals surface area contributed by atoms with Crippen LogP contribution in [0.25, 0.3) is 21.8 Å². The molecule has 6 heterocycles. The Balaban J connectivity index is 1.10. The van der Waals surface area contributed by atoms with Crippen LogP contribution in [0.15, 0.2) is 97.7 Å². The molecule has 3 aliphatic rings. The van der Waals surface area contributed by atoms with E-state index in [0.29, 0.717) is 69.9 Å². The maximum Gasteiger partial charge on any atom is 0.246 e. The molecular formula is C91H128N24O20S. The maximum absolute atomic E-state index is 15.8. The number of hydrogen-bond donors (Lipinski definition) is 21. The smallest absolute Gasteiger partial charge is 0.246 e. The summed E-state index contributed by atoms with van der Waals surface area (Å²) in [5.41, 5.74) is 19.8. The molecular weight excluding hydrogens is 1780 g/mol. The quantitative estimate of drug-likeness (QED) is 0.0147. The van der Waals surface area contributed by atoms with E-state index in [0.717, 1.165) is 36.3 Å². The number of guanidine groups is 1. The number of nitrogens with zero attached hydrogens (tertiary/aromatic N) is 6. The average Bonchev–Trinajstić information content (AvgIpc) is 1.53. The SMILES string of the molecule is CCCC[C@H]1C(=O)N(C)[C@@H](CCCC)C(=O)N[C@@H](CCCNC(=N)N)C(=O)N[C@H](C(=O)NCC(N)=O)CSCC(=O)N[C@@H](Cc2ccc(O)cc2)C(=O)N(C)[C@@H](C)C(=O)N[C@@H](CC(N)=O)C(=O)N2CCC[C@H]2C(=O)N[C@@H](Cc2cnc[nH]2)C(=O)N[C@@H](CC(C)C)C(=O)N2C[C@H](O)C[C@H]2C(=O)N[C@@H](Cc2c[nH]c3ccccc23)C(=O)N[C@@H](CO)C(=O)N[C@@H](Cc2c[nH]c3ccccc23)C(=O)N1C. The number of fused-ring (bicyclic) bond motifs is 4. The number of aromatic amines is 3. The van der Waals surface area contributed by atoms with E-state index in [1.165, 1.54) is 64.9 Å². The van der Waals surface area contributed by atoms with Gasteiger partial charge < -0.3 is 130 Å². The van der Waals surface area contributed by atoms with E-state index in [-0.39, 0.29) is 95.4 Å². The van der Waals surface area contributed by atoms with Crippen molar-refractivity contribution in [2.45, 2.75) is 234 Å². The van der Waals surface area contributed by atoms with Gasteiger partial charge in [0.1, 0.15) is 90.3 Å². The van der Waals surface area contributed by atoms with Crippen LogP contribution in [0.2, 0.25) is 0 Å². The number of carbonyl (C=O) groups excluding carboxylic acids is 17. The van der Waals surface area contributed by atoms with Crippen LogP contribution in [0, 0.1) is 11.3 Å². The molecule has 44 nitrogen and oxygen atoms in total. The number of hydrogen-bond acceptors (Lipinski definition) is 23. The molecule has 3 aliphatic heterocycles. The number of carbonyl (C=O) groups is 17. The molecule has 0 spiro atoms. The van der Waals surface area contributed by atoms with Crippen molar-refractivity contribution < 1.29 is 96.8 Å².